The molecule has 0 fully saturated rings. The summed E-state index contributed by atoms with van der Waals surface area (Å²) < 4.78 is 5.08. The van der Waals surface area contributed by atoms with E-state index in [9.17, 15) is 14.4 Å². The Balaban J connectivity index is 2.06. The average Bonchev–Trinajstić information content (AvgIpc) is 2.63. The van der Waals surface area contributed by atoms with Gasteiger partial charge in [0, 0.05) is 19.4 Å². The Labute approximate surface area is 153 Å². The van der Waals surface area contributed by atoms with Gasteiger partial charge >= 0.3 is 12.1 Å². The molecule has 0 bridgehead atoms. The lowest BCUT2D eigenvalue weighted by Gasteiger charge is -2.11. The van der Waals surface area contributed by atoms with E-state index in [4.69, 9.17) is 16.3 Å². The highest BCUT2D eigenvalue weighted by Crippen LogP contribution is 2.02. The zero-order valence-electron chi connectivity index (χ0n) is 14.6. The minimum atomic E-state index is -1.14. The second kappa shape index (κ2) is 12.4. The van der Waals surface area contributed by atoms with E-state index < -0.39 is 18.1 Å². The van der Waals surface area contributed by atoms with Crippen molar-refractivity contribution in [2.45, 2.75) is 44.8 Å². The smallest absolute Gasteiger partial charge is 0.407 e. The van der Waals surface area contributed by atoms with Crippen LogP contribution in [0.1, 0.15) is 37.7 Å². The highest BCUT2D eigenvalue weighted by molar-refractivity contribution is 5.83. The Bertz CT molecular complexity index is 625. The molecule has 26 heavy (non-hydrogen) atoms. The molecule has 0 saturated carbocycles. The van der Waals surface area contributed by atoms with Gasteiger partial charge in [-0.3, -0.25) is 4.79 Å². The normalized spacial score (nSPS) is 11.0. The van der Waals surface area contributed by atoms with Crippen LogP contribution in [0.5, 0.6) is 0 Å². The number of hydrogen-bond donors (Lipinski definition) is 3. The van der Waals surface area contributed by atoms with Gasteiger partial charge in [0.05, 0.1) is 0 Å². The summed E-state index contributed by atoms with van der Waals surface area (Å²) in [5.74, 6) is 0.734. The molecule has 0 unspecified atom stereocenters. The number of aliphatic carboxylic acids is 1. The minimum Gasteiger partial charge on any atom is -0.480 e. The quantitative estimate of drug-likeness (QED) is 0.414. The van der Waals surface area contributed by atoms with Gasteiger partial charge in [-0.2, -0.15) is 0 Å². The predicted molar refractivity (Wildman–Crippen MR) is 96.1 cm³/mol. The lowest BCUT2D eigenvalue weighted by molar-refractivity contribution is -0.141. The van der Waals surface area contributed by atoms with E-state index >= 15 is 0 Å². The van der Waals surface area contributed by atoms with Gasteiger partial charge in [0.2, 0.25) is 5.91 Å². The molecular weight excluding hydrogens is 336 g/mol. The zero-order chi connectivity index (χ0) is 19.2. The maximum atomic E-state index is 11.7. The molecule has 3 N–H and O–H groups in total. The molecule has 0 aliphatic carbocycles. The number of terminal acetylenes is 1. The number of carbonyl (C=O) groups excluding carboxylic acids is 2. The van der Waals surface area contributed by atoms with Crippen LogP contribution in [0, 0.1) is 12.3 Å². The van der Waals surface area contributed by atoms with E-state index in [0.29, 0.717) is 19.4 Å². The van der Waals surface area contributed by atoms with Gasteiger partial charge in [-0.25, -0.2) is 9.59 Å². The van der Waals surface area contributed by atoms with Crippen molar-refractivity contribution in [2.24, 2.45) is 0 Å². The van der Waals surface area contributed by atoms with Crippen molar-refractivity contribution in [3.05, 3.63) is 35.9 Å². The number of nitrogens with one attached hydrogen (secondary N) is 2. The Morgan fingerprint density at radius 2 is 1.88 bits per heavy atom. The summed E-state index contributed by atoms with van der Waals surface area (Å²) in [5.41, 5.74) is 0.915. The summed E-state index contributed by atoms with van der Waals surface area (Å²) in [5, 5.41) is 13.9. The number of unbranched alkanes of at least 4 members (excludes halogenated alkanes) is 2. The van der Waals surface area contributed by atoms with Crippen molar-refractivity contribution in [1.82, 2.24) is 10.6 Å². The SMILES string of the molecule is C#CC[C@H](NC(=O)CCCCCNC(=O)OCc1ccccc1)C(=O)O. The predicted octanol–water partition coefficient (Wildman–Crippen LogP) is 2.07. The molecule has 1 atom stereocenters. The molecule has 0 aliphatic rings. The number of carbonyl (C=O) groups is 3. The number of amides is 2. The minimum absolute atomic E-state index is 0.0455. The van der Waals surface area contributed by atoms with Crippen LogP contribution >= 0.6 is 0 Å². The van der Waals surface area contributed by atoms with E-state index in [1.807, 2.05) is 30.3 Å². The van der Waals surface area contributed by atoms with Crippen LogP contribution in [0.2, 0.25) is 0 Å². The van der Waals surface area contributed by atoms with Gasteiger partial charge in [0.25, 0.3) is 0 Å². The molecule has 2 amide bonds. The van der Waals surface area contributed by atoms with Crippen molar-refractivity contribution in [3.63, 3.8) is 0 Å². The van der Waals surface area contributed by atoms with Gasteiger partial charge < -0.3 is 20.5 Å². The molecule has 1 aromatic rings. The Kier molecular flexibility index (Phi) is 10.0. The fraction of sp³-hybridized carbons (Fsp3) is 0.421. The molecule has 1 rings (SSSR count). The lowest BCUT2D eigenvalue weighted by Crippen LogP contribution is -2.40. The summed E-state index contributed by atoms with van der Waals surface area (Å²) in [7, 11) is 0. The lowest BCUT2D eigenvalue weighted by atomic mass is 10.1. The number of hydrogen-bond acceptors (Lipinski definition) is 4. The van der Waals surface area contributed by atoms with E-state index in [1.54, 1.807) is 0 Å². The Morgan fingerprint density at radius 1 is 1.15 bits per heavy atom. The fourth-order valence-corrected chi connectivity index (χ4v) is 2.14. The monoisotopic (exact) mass is 360 g/mol. The summed E-state index contributed by atoms with van der Waals surface area (Å²) in [4.78, 5) is 34.1. The first-order valence-electron chi connectivity index (χ1n) is 8.43. The van der Waals surface area contributed by atoms with Crippen LogP contribution in [0.15, 0.2) is 30.3 Å². The second-order valence-corrected chi connectivity index (χ2v) is 5.67. The van der Waals surface area contributed by atoms with E-state index in [2.05, 4.69) is 16.6 Å². The van der Waals surface area contributed by atoms with Gasteiger partial charge in [0.15, 0.2) is 0 Å². The number of carboxylic acids is 1. The molecule has 1 aromatic carbocycles. The molecule has 0 saturated heterocycles. The highest BCUT2D eigenvalue weighted by Gasteiger charge is 2.18. The zero-order valence-corrected chi connectivity index (χ0v) is 14.6. The Hall–Kier alpha value is -3.01. The molecular formula is C19H24N2O5. The van der Waals surface area contributed by atoms with Crippen molar-refractivity contribution < 1.29 is 24.2 Å². The maximum absolute atomic E-state index is 11.7. The van der Waals surface area contributed by atoms with Crippen LogP contribution in [-0.2, 0) is 20.9 Å². The summed E-state index contributed by atoms with van der Waals surface area (Å²) in [6, 6.07) is 8.33. The van der Waals surface area contributed by atoms with Gasteiger partial charge in [-0.05, 0) is 18.4 Å². The molecule has 0 aliphatic heterocycles. The van der Waals surface area contributed by atoms with Crippen LogP contribution in [0.4, 0.5) is 4.79 Å². The molecule has 0 spiro atoms. The molecule has 0 heterocycles. The third kappa shape index (κ3) is 9.33. The number of benzene rings is 1. The molecule has 7 nitrogen and oxygen atoms in total. The van der Waals surface area contributed by atoms with Crippen molar-refractivity contribution in [1.29, 1.82) is 0 Å². The van der Waals surface area contributed by atoms with Crippen molar-refractivity contribution >= 4 is 18.0 Å². The number of carboxylic acid groups (broad SMARTS) is 1. The standard InChI is InChI=1S/C19H24N2O5/c1-2-9-16(18(23)24)21-17(22)12-7-4-8-13-20-19(25)26-14-15-10-5-3-6-11-15/h1,3,5-6,10-11,16H,4,7-9,12-14H2,(H,20,25)(H,21,22)(H,23,24)/t16-/m0/s1. The third-order valence-electron chi connectivity index (χ3n) is 3.52. The van der Waals surface area contributed by atoms with E-state index in [-0.39, 0.29) is 25.4 Å². The first-order valence-corrected chi connectivity index (χ1v) is 8.43. The van der Waals surface area contributed by atoms with Crippen LogP contribution in [-0.4, -0.2) is 35.7 Å². The van der Waals surface area contributed by atoms with E-state index in [0.717, 1.165) is 12.0 Å². The second-order valence-electron chi connectivity index (χ2n) is 5.67. The average molecular weight is 360 g/mol. The number of rotatable bonds is 11. The van der Waals surface area contributed by atoms with E-state index in [1.165, 1.54) is 0 Å². The largest absolute Gasteiger partial charge is 0.480 e. The maximum Gasteiger partial charge on any atom is 0.407 e. The van der Waals surface area contributed by atoms with Gasteiger partial charge in [-0.15, -0.1) is 12.3 Å². The van der Waals surface area contributed by atoms with Crippen molar-refractivity contribution in [3.8, 4) is 12.3 Å². The molecule has 0 radical (unpaired) electrons. The van der Waals surface area contributed by atoms with Gasteiger partial charge in [0.1, 0.15) is 12.6 Å². The first kappa shape index (κ1) is 21.0. The molecule has 7 heteroatoms. The molecule has 140 valence electrons. The van der Waals surface area contributed by atoms with Crippen LogP contribution in [0.25, 0.3) is 0 Å². The number of alkyl carbamates (subject to hydrolysis) is 1. The van der Waals surface area contributed by atoms with Crippen molar-refractivity contribution in [2.75, 3.05) is 6.54 Å². The van der Waals surface area contributed by atoms with Gasteiger partial charge in [-0.1, -0.05) is 36.8 Å². The summed E-state index contributed by atoms with van der Waals surface area (Å²) in [6.45, 7) is 0.666. The first-order chi connectivity index (χ1) is 12.5. The number of ether oxygens (including phenoxy) is 1. The Morgan fingerprint density at radius 3 is 2.54 bits per heavy atom. The van der Waals surface area contributed by atoms with Crippen LogP contribution < -0.4 is 10.6 Å². The fourth-order valence-electron chi connectivity index (χ4n) is 2.14. The third-order valence-corrected chi connectivity index (χ3v) is 3.52. The van der Waals surface area contributed by atoms with Crippen LogP contribution in [0.3, 0.4) is 0 Å². The topological polar surface area (TPSA) is 105 Å². The molecule has 0 aromatic heterocycles. The summed E-state index contributed by atoms with van der Waals surface area (Å²) in [6.07, 6.45) is 6.76. The summed E-state index contributed by atoms with van der Waals surface area (Å²) >= 11 is 0. The highest BCUT2D eigenvalue weighted by atomic mass is 16.5.